The van der Waals surface area contributed by atoms with Gasteiger partial charge in [0.2, 0.25) is 0 Å². The first-order valence-electron chi connectivity index (χ1n) is 13.7. The Bertz CT molecular complexity index is 1820. The molecule has 1 N–H and O–H groups in total. The van der Waals surface area contributed by atoms with Gasteiger partial charge in [-0.05, 0) is 74.7 Å². The normalized spacial score (nSPS) is 13.7. The number of aliphatic carboxylic acids is 1. The van der Waals surface area contributed by atoms with E-state index in [1.54, 1.807) is 12.1 Å². The van der Waals surface area contributed by atoms with Crippen molar-refractivity contribution in [2.45, 2.75) is 39.4 Å². The predicted molar refractivity (Wildman–Crippen MR) is 163 cm³/mol. The number of carboxylic acids is 1. The largest absolute Gasteiger partial charge is 0.486 e. The first-order valence-corrected chi connectivity index (χ1v) is 14.5. The minimum atomic E-state index is -1.22. The second-order valence-electron chi connectivity index (χ2n) is 11.2. The number of carboxylic acid groups (broad SMARTS) is 1. The van der Waals surface area contributed by atoms with Gasteiger partial charge in [-0.3, -0.25) is 0 Å². The lowest BCUT2D eigenvalue weighted by Gasteiger charge is -2.28. The number of nitrogens with zero attached hydrogens (tertiary/aromatic N) is 1. The Morgan fingerprint density at radius 1 is 0.952 bits per heavy atom. The van der Waals surface area contributed by atoms with Crippen LogP contribution in [-0.2, 0) is 9.53 Å². The van der Waals surface area contributed by atoms with Gasteiger partial charge in [-0.1, -0.05) is 42.5 Å². The van der Waals surface area contributed by atoms with Gasteiger partial charge in [0, 0.05) is 22.3 Å². The summed E-state index contributed by atoms with van der Waals surface area (Å²) >= 11 is 1.46. The third-order valence-electron chi connectivity index (χ3n) is 7.01. The maximum Gasteiger partial charge on any atom is 0.337 e. The van der Waals surface area contributed by atoms with Gasteiger partial charge in [-0.15, -0.1) is 11.3 Å². The fraction of sp³-hybridized carbons (Fsp3) is 0.235. The zero-order chi connectivity index (χ0) is 29.6. The highest BCUT2D eigenvalue weighted by molar-refractivity contribution is 7.22. The van der Waals surface area contributed by atoms with Gasteiger partial charge in [0.1, 0.15) is 24.0 Å². The molecule has 6 nitrogen and oxygen atoms in total. The van der Waals surface area contributed by atoms with E-state index in [0.717, 1.165) is 43.0 Å². The number of aromatic nitrogens is 1. The van der Waals surface area contributed by atoms with Crippen molar-refractivity contribution in [3.05, 3.63) is 89.7 Å². The SMILES string of the molecule is Cc1cc2nc(-c3cccc(-c4ccccc4F)c3)sc2c(-c2ccc3c(c2)OCCO3)c1C(OC(C)(C)C)C(=O)O. The van der Waals surface area contributed by atoms with E-state index in [2.05, 4.69) is 0 Å². The van der Waals surface area contributed by atoms with Crippen molar-refractivity contribution < 1.29 is 28.5 Å². The van der Waals surface area contributed by atoms with Crippen molar-refractivity contribution in [1.29, 1.82) is 0 Å². The van der Waals surface area contributed by atoms with Gasteiger partial charge in [-0.25, -0.2) is 14.2 Å². The van der Waals surface area contributed by atoms with E-state index in [9.17, 15) is 14.3 Å². The lowest BCUT2D eigenvalue weighted by Crippen LogP contribution is -2.28. The van der Waals surface area contributed by atoms with E-state index in [1.807, 2.05) is 82.3 Å². The molecule has 2 heterocycles. The van der Waals surface area contributed by atoms with Gasteiger partial charge >= 0.3 is 5.97 Å². The van der Waals surface area contributed by atoms with Crippen LogP contribution in [0, 0.1) is 12.7 Å². The predicted octanol–water partition coefficient (Wildman–Crippen LogP) is 8.46. The van der Waals surface area contributed by atoms with E-state index in [-0.39, 0.29) is 5.82 Å². The Morgan fingerprint density at radius 3 is 2.43 bits per heavy atom. The molecule has 8 heteroatoms. The minimum absolute atomic E-state index is 0.293. The summed E-state index contributed by atoms with van der Waals surface area (Å²) in [5.74, 6) is -0.122. The van der Waals surface area contributed by atoms with Gasteiger partial charge in [0.15, 0.2) is 17.6 Å². The lowest BCUT2D eigenvalue weighted by atomic mass is 9.91. The number of thiazole rings is 1. The Hall–Kier alpha value is -4.27. The number of rotatable bonds is 6. The van der Waals surface area contributed by atoms with Crippen LogP contribution in [-0.4, -0.2) is 34.9 Å². The average Bonchev–Trinajstić information content (AvgIpc) is 3.38. The van der Waals surface area contributed by atoms with Crippen LogP contribution in [0.2, 0.25) is 0 Å². The Kier molecular flexibility index (Phi) is 7.20. The third-order valence-corrected chi connectivity index (χ3v) is 8.15. The van der Waals surface area contributed by atoms with E-state index in [4.69, 9.17) is 19.2 Å². The molecule has 0 aliphatic carbocycles. The van der Waals surface area contributed by atoms with Crippen molar-refractivity contribution in [3.63, 3.8) is 0 Å². The molecule has 1 aromatic heterocycles. The van der Waals surface area contributed by atoms with Gasteiger partial charge in [-0.2, -0.15) is 0 Å². The van der Waals surface area contributed by atoms with Gasteiger partial charge < -0.3 is 19.3 Å². The number of hydrogen-bond donors (Lipinski definition) is 1. The fourth-order valence-corrected chi connectivity index (χ4v) is 6.38. The molecule has 4 aromatic carbocycles. The van der Waals surface area contributed by atoms with E-state index >= 15 is 0 Å². The third kappa shape index (κ3) is 5.35. The molecule has 0 saturated carbocycles. The van der Waals surface area contributed by atoms with E-state index < -0.39 is 17.7 Å². The molecule has 0 saturated heterocycles. The standard InChI is InChI=1S/C34H30FNO5S/c1-19-16-25-31(42-32(36-25)22-9-7-8-20(17-22)23-10-5-6-11-24(23)35)29(28(19)30(33(37)38)41-34(2,3)4)21-12-13-26-27(18-21)40-15-14-39-26/h5-13,16-18,30H,14-15H2,1-4H3,(H,37,38). The van der Waals surface area contributed by atoms with Crippen LogP contribution in [0.3, 0.4) is 0 Å². The van der Waals surface area contributed by atoms with Crippen LogP contribution in [0.1, 0.15) is 38.0 Å². The van der Waals surface area contributed by atoms with Crippen LogP contribution in [0.4, 0.5) is 4.39 Å². The molecule has 1 aliphatic rings. The zero-order valence-electron chi connectivity index (χ0n) is 23.7. The van der Waals surface area contributed by atoms with Crippen molar-refractivity contribution in [2.75, 3.05) is 13.2 Å². The lowest BCUT2D eigenvalue weighted by molar-refractivity contribution is -0.160. The Labute approximate surface area is 247 Å². The molecule has 1 atom stereocenters. The summed E-state index contributed by atoms with van der Waals surface area (Å²) in [5, 5.41) is 11.1. The summed E-state index contributed by atoms with van der Waals surface area (Å²) in [6.45, 7) is 8.31. The van der Waals surface area contributed by atoms with E-state index in [1.165, 1.54) is 17.4 Å². The maximum atomic E-state index is 14.6. The van der Waals surface area contributed by atoms with Crippen LogP contribution >= 0.6 is 11.3 Å². The highest BCUT2D eigenvalue weighted by Gasteiger charge is 2.33. The highest BCUT2D eigenvalue weighted by atomic mass is 32.1. The molecule has 0 fully saturated rings. The van der Waals surface area contributed by atoms with Crippen LogP contribution in [0.15, 0.2) is 72.8 Å². The molecule has 1 unspecified atom stereocenters. The summed E-state index contributed by atoms with van der Waals surface area (Å²) in [5.41, 5.74) is 4.95. The molecular weight excluding hydrogens is 553 g/mol. The number of benzene rings is 4. The van der Waals surface area contributed by atoms with Gasteiger partial charge in [0.05, 0.1) is 15.8 Å². The monoisotopic (exact) mass is 583 g/mol. The topological polar surface area (TPSA) is 77.9 Å². The molecule has 42 heavy (non-hydrogen) atoms. The van der Waals surface area contributed by atoms with Crippen molar-refractivity contribution >= 4 is 27.5 Å². The molecular formula is C34H30FNO5S. The molecule has 0 bridgehead atoms. The first kappa shape index (κ1) is 27.9. The molecule has 0 radical (unpaired) electrons. The number of carbonyl (C=O) groups is 1. The van der Waals surface area contributed by atoms with Crippen LogP contribution < -0.4 is 9.47 Å². The van der Waals surface area contributed by atoms with Crippen LogP contribution in [0.25, 0.3) is 43.0 Å². The Balaban J connectivity index is 1.58. The summed E-state index contributed by atoms with van der Waals surface area (Å²) in [6.07, 6.45) is -1.22. The molecule has 5 aromatic rings. The van der Waals surface area contributed by atoms with Crippen molar-refractivity contribution in [2.24, 2.45) is 0 Å². The summed E-state index contributed by atoms with van der Waals surface area (Å²) in [4.78, 5) is 17.7. The maximum absolute atomic E-state index is 14.6. The first-order chi connectivity index (χ1) is 20.1. The molecule has 6 rings (SSSR count). The van der Waals surface area contributed by atoms with Crippen LogP contribution in [0.5, 0.6) is 11.5 Å². The second-order valence-corrected chi connectivity index (χ2v) is 12.2. The molecule has 0 amide bonds. The Morgan fingerprint density at radius 2 is 1.69 bits per heavy atom. The fourth-order valence-electron chi connectivity index (χ4n) is 5.26. The van der Waals surface area contributed by atoms with Crippen molar-refractivity contribution in [1.82, 2.24) is 4.98 Å². The number of fused-ring (bicyclic) bond motifs is 2. The number of hydrogen-bond acceptors (Lipinski definition) is 6. The summed E-state index contributed by atoms with van der Waals surface area (Å²) in [6, 6.07) is 21.9. The number of ether oxygens (including phenoxy) is 3. The van der Waals surface area contributed by atoms with Crippen molar-refractivity contribution in [3.8, 4) is 44.3 Å². The second kappa shape index (κ2) is 10.9. The average molecular weight is 584 g/mol. The quantitative estimate of drug-likeness (QED) is 0.216. The highest BCUT2D eigenvalue weighted by Crippen LogP contribution is 2.46. The smallest absolute Gasteiger partial charge is 0.337 e. The summed E-state index contributed by atoms with van der Waals surface area (Å²) < 4.78 is 33.2. The molecule has 214 valence electrons. The molecule has 1 aliphatic heterocycles. The zero-order valence-corrected chi connectivity index (χ0v) is 24.5. The molecule has 0 spiro atoms. The number of aryl methyl sites for hydroxylation is 1. The minimum Gasteiger partial charge on any atom is -0.486 e. The summed E-state index contributed by atoms with van der Waals surface area (Å²) in [7, 11) is 0. The van der Waals surface area contributed by atoms with E-state index in [0.29, 0.717) is 35.8 Å². The number of halogens is 1. The van der Waals surface area contributed by atoms with Gasteiger partial charge in [0.25, 0.3) is 0 Å².